The normalized spacial score (nSPS) is 15.6. The van der Waals surface area contributed by atoms with E-state index in [-0.39, 0.29) is 18.0 Å². The fraction of sp³-hybridized carbons (Fsp3) is 0.296. The molecule has 4 rings (SSSR count). The van der Waals surface area contributed by atoms with Crippen molar-refractivity contribution >= 4 is 30.0 Å². The van der Waals surface area contributed by atoms with E-state index in [1.165, 1.54) is 11.1 Å². The first-order chi connectivity index (χ1) is 16.0. The van der Waals surface area contributed by atoms with Gasteiger partial charge < -0.3 is 20.3 Å². The number of rotatable bonds is 9. The van der Waals surface area contributed by atoms with Crippen LogP contribution in [-0.2, 0) is 19.3 Å². The number of benzene rings is 3. The highest BCUT2D eigenvalue weighted by molar-refractivity contribution is 6.30. The molecule has 3 aromatic carbocycles. The molecule has 0 aromatic heterocycles. The minimum atomic E-state index is -0.918. The van der Waals surface area contributed by atoms with Crippen LogP contribution in [0.4, 0.5) is 0 Å². The van der Waals surface area contributed by atoms with Gasteiger partial charge in [-0.25, -0.2) is 4.79 Å². The van der Waals surface area contributed by atoms with Crippen molar-refractivity contribution in [2.24, 2.45) is 0 Å². The smallest absolute Gasteiger partial charge is 0.335 e. The van der Waals surface area contributed by atoms with E-state index in [2.05, 4.69) is 17.4 Å². The maximum absolute atomic E-state index is 11.0. The van der Waals surface area contributed by atoms with Crippen LogP contribution in [-0.4, -0.2) is 35.4 Å². The maximum Gasteiger partial charge on any atom is 0.335 e. The fourth-order valence-corrected chi connectivity index (χ4v) is 4.41. The topological polar surface area (TPSA) is 78.8 Å². The van der Waals surface area contributed by atoms with Crippen LogP contribution in [0.15, 0.2) is 66.7 Å². The summed E-state index contributed by atoms with van der Waals surface area (Å²) in [5.41, 5.74) is 4.77. The molecule has 0 aliphatic heterocycles. The maximum atomic E-state index is 11.0. The average molecular weight is 502 g/mol. The molecule has 0 bridgehead atoms. The van der Waals surface area contributed by atoms with E-state index >= 15 is 0 Å². The number of aromatic carboxylic acids is 1. The van der Waals surface area contributed by atoms with E-state index < -0.39 is 12.1 Å². The van der Waals surface area contributed by atoms with Gasteiger partial charge in [0.25, 0.3) is 0 Å². The molecule has 34 heavy (non-hydrogen) atoms. The molecule has 5 nitrogen and oxygen atoms in total. The number of ether oxygens (including phenoxy) is 1. The number of carboxylic acid groups (broad SMARTS) is 1. The minimum Gasteiger partial charge on any atom is -0.493 e. The van der Waals surface area contributed by atoms with Gasteiger partial charge in [-0.15, -0.1) is 12.4 Å². The number of halogens is 2. The third kappa shape index (κ3) is 6.97. The van der Waals surface area contributed by atoms with Crippen LogP contribution in [0.5, 0.6) is 5.75 Å². The van der Waals surface area contributed by atoms with Gasteiger partial charge in [0.05, 0.1) is 18.3 Å². The van der Waals surface area contributed by atoms with Crippen LogP contribution in [0.2, 0.25) is 5.02 Å². The summed E-state index contributed by atoms with van der Waals surface area (Å²) in [7, 11) is 0. The Balaban J connectivity index is 0.00000324. The molecule has 7 heteroatoms. The third-order valence-corrected chi connectivity index (χ3v) is 6.33. The molecule has 3 N–H and O–H groups in total. The van der Waals surface area contributed by atoms with Gasteiger partial charge in [0.2, 0.25) is 0 Å². The van der Waals surface area contributed by atoms with E-state index in [4.69, 9.17) is 21.4 Å². The van der Waals surface area contributed by atoms with Crippen molar-refractivity contribution in [2.75, 3.05) is 13.2 Å². The lowest BCUT2D eigenvalue weighted by Gasteiger charge is -2.27. The zero-order chi connectivity index (χ0) is 23.2. The van der Waals surface area contributed by atoms with Crippen molar-refractivity contribution < 1.29 is 19.7 Å². The van der Waals surface area contributed by atoms with Crippen molar-refractivity contribution in [3.8, 4) is 5.75 Å². The van der Waals surface area contributed by atoms with E-state index in [1.807, 2.05) is 30.3 Å². The molecule has 3 aromatic rings. The molecular weight excluding hydrogens is 473 g/mol. The standard InChI is InChI=1S/C27H28ClNO4.ClH/c28-23-3-1-2-21(14-23)26(30)17-29-24-10-8-19-9-11-25(16-22(19)15-24)33-13-12-18-4-6-20(7-5-18)27(31)32;/h1-7,9,11,14,16,24,26,29-30H,8,10,12-13,15,17H2,(H,31,32);1H/t24-,26-;/m0./s1. The van der Waals surface area contributed by atoms with E-state index in [0.717, 1.165) is 36.1 Å². The van der Waals surface area contributed by atoms with Crippen molar-refractivity contribution in [2.45, 2.75) is 37.8 Å². The monoisotopic (exact) mass is 501 g/mol. The van der Waals surface area contributed by atoms with Crippen LogP contribution >= 0.6 is 24.0 Å². The molecule has 0 spiro atoms. The number of carbonyl (C=O) groups is 1. The summed E-state index contributed by atoms with van der Waals surface area (Å²) in [6, 6.07) is 20.8. The predicted octanol–water partition coefficient (Wildman–Crippen LogP) is 5.26. The minimum absolute atomic E-state index is 0. The molecule has 180 valence electrons. The van der Waals surface area contributed by atoms with Gasteiger partial charge in [-0.2, -0.15) is 0 Å². The van der Waals surface area contributed by atoms with Gasteiger partial charge >= 0.3 is 5.97 Å². The Morgan fingerprint density at radius 1 is 1.09 bits per heavy atom. The number of nitrogens with one attached hydrogen (secondary N) is 1. The first kappa shape index (κ1) is 26.0. The summed E-state index contributed by atoms with van der Waals surface area (Å²) in [5.74, 6) is -0.0749. The lowest BCUT2D eigenvalue weighted by molar-refractivity contribution is 0.0697. The summed E-state index contributed by atoms with van der Waals surface area (Å²) >= 11 is 6.03. The molecule has 2 atom stereocenters. The number of hydrogen-bond acceptors (Lipinski definition) is 4. The van der Waals surface area contributed by atoms with Crippen molar-refractivity contribution in [3.05, 3.63) is 99.6 Å². The van der Waals surface area contributed by atoms with Gasteiger partial charge in [0, 0.05) is 24.0 Å². The van der Waals surface area contributed by atoms with Gasteiger partial charge in [0.15, 0.2) is 0 Å². The second-order valence-corrected chi connectivity index (χ2v) is 8.89. The summed E-state index contributed by atoms with van der Waals surface area (Å²) in [6.45, 7) is 1.01. The number of aryl methyl sites for hydroxylation is 1. The van der Waals surface area contributed by atoms with E-state index in [0.29, 0.717) is 30.6 Å². The largest absolute Gasteiger partial charge is 0.493 e. The molecule has 0 amide bonds. The second kappa shape index (κ2) is 12.2. The molecule has 0 radical (unpaired) electrons. The molecule has 1 aliphatic rings. The highest BCUT2D eigenvalue weighted by Gasteiger charge is 2.20. The Labute approximate surface area is 211 Å². The lowest BCUT2D eigenvalue weighted by Crippen LogP contribution is -2.37. The van der Waals surface area contributed by atoms with Crippen molar-refractivity contribution in [1.82, 2.24) is 5.32 Å². The summed E-state index contributed by atoms with van der Waals surface area (Å²) in [4.78, 5) is 11.0. The van der Waals surface area contributed by atoms with Gasteiger partial charge in [-0.3, -0.25) is 0 Å². The zero-order valence-electron chi connectivity index (χ0n) is 18.7. The van der Waals surface area contributed by atoms with Crippen LogP contribution in [0, 0.1) is 0 Å². The first-order valence-electron chi connectivity index (χ1n) is 11.2. The summed E-state index contributed by atoms with van der Waals surface area (Å²) in [5, 5.41) is 23.6. The second-order valence-electron chi connectivity index (χ2n) is 8.45. The van der Waals surface area contributed by atoms with E-state index in [9.17, 15) is 9.90 Å². The number of aliphatic hydroxyl groups is 1. The third-order valence-electron chi connectivity index (χ3n) is 6.10. The van der Waals surface area contributed by atoms with Crippen molar-refractivity contribution in [3.63, 3.8) is 0 Å². The number of carboxylic acids is 1. The van der Waals surface area contributed by atoms with E-state index in [1.54, 1.807) is 24.3 Å². The van der Waals surface area contributed by atoms with Crippen LogP contribution in [0.3, 0.4) is 0 Å². The number of aliphatic hydroxyl groups excluding tert-OH is 1. The first-order valence-corrected chi connectivity index (χ1v) is 11.6. The average Bonchev–Trinajstić information content (AvgIpc) is 2.82. The summed E-state index contributed by atoms with van der Waals surface area (Å²) < 4.78 is 5.97. The quantitative estimate of drug-likeness (QED) is 0.372. The molecule has 0 unspecified atom stereocenters. The fourth-order valence-electron chi connectivity index (χ4n) is 4.21. The molecule has 0 heterocycles. The van der Waals surface area contributed by atoms with Gasteiger partial charge in [-0.05, 0) is 77.9 Å². The molecule has 1 aliphatic carbocycles. The van der Waals surface area contributed by atoms with Gasteiger partial charge in [-0.1, -0.05) is 41.9 Å². The Morgan fingerprint density at radius 2 is 1.88 bits per heavy atom. The van der Waals surface area contributed by atoms with Crippen molar-refractivity contribution in [1.29, 1.82) is 0 Å². The molecule has 0 saturated carbocycles. The lowest BCUT2D eigenvalue weighted by atomic mass is 9.88. The summed E-state index contributed by atoms with van der Waals surface area (Å²) in [6.07, 6.45) is 3.04. The number of hydrogen-bond donors (Lipinski definition) is 3. The number of fused-ring (bicyclic) bond motifs is 1. The SMILES string of the molecule is Cl.O=C(O)c1ccc(CCOc2ccc3c(c2)C[C@@H](NC[C@H](O)c2cccc(Cl)c2)CC3)cc1. The van der Waals surface area contributed by atoms with Crippen LogP contribution in [0.25, 0.3) is 0 Å². The highest BCUT2D eigenvalue weighted by Crippen LogP contribution is 2.26. The van der Waals surface area contributed by atoms with Crippen LogP contribution in [0.1, 0.15) is 45.1 Å². The molecule has 0 fully saturated rings. The molecular formula is C27H29Cl2NO4. The van der Waals surface area contributed by atoms with Crippen LogP contribution < -0.4 is 10.1 Å². The Kier molecular flexibility index (Phi) is 9.36. The Hall–Kier alpha value is -2.57. The highest BCUT2D eigenvalue weighted by atomic mass is 35.5. The van der Waals surface area contributed by atoms with Gasteiger partial charge in [0.1, 0.15) is 5.75 Å². The Morgan fingerprint density at radius 3 is 2.62 bits per heavy atom. The molecule has 0 saturated heterocycles. The zero-order valence-corrected chi connectivity index (χ0v) is 20.3. The Bertz CT molecular complexity index is 1100. The predicted molar refractivity (Wildman–Crippen MR) is 137 cm³/mol.